The van der Waals surface area contributed by atoms with Crippen molar-refractivity contribution in [1.29, 1.82) is 0 Å². The highest BCUT2D eigenvalue weighted by Gasteiger charge is 2.37. The van der Waals surface area contributed by atoms with Crippen LogP contribution in [-0.4, -0.2) is 22.7 Å². The molecule has 138 valence electrons. The van der Waals surface area contributed by atoms with E-state index in [1.54, 1.807) is 19.1 Å². The van der Waals surface area contributed by atoms with Crippen LogP contribution in [0.4, 0.5) is 0 Å². The Hall–Kier alpha value is -2.63. The van der Waals surface area contributed by atoms with Crippen molar-refractivity contribution in [1.82, 2.24) is 10.5 Å². The van der Waals surface area contributed by atoms with Crippen LogP contribution in [0.1, 0.15) is 33.7 Å². The molecule has 6 heteroatoms. The summed E-state index contributed by atoms with van der Waals surface area (Å²) in [6.45, 7) is 1.80. The van der Waals surface area contributed by atoms with E-state index in [2.05, 4.69) is 10.5 Å². The van der Waals surface area contributed by atoms with Crippen LogP contribution >= 0.6 is 11.6 Å². The molecule has 3 aromatic rings. The van der Waals surface area contributed by atoms with E-state index >= 15 is 0 Å². The molecule has 1 aliphatic carbocycles. The Balaban J connectivity index is 1.59. The minimum atomic E-state index is -1.07. The average molecular weight is 383 g/mol. The predicted molar refractivity (Wildman–Crippen MR) is 103 cm³/mol. The molecule has 4 rings (SSSR count). The van der Waals surface area contributed by atoms with Crippen molar-refractivity contribution in [3.63, 3.8) is 0 Å². The van der Waals surface area contributed by atoms with Crippen molar-refractivity contribution in [3.8, 4) is 11.3 Å². The van der Waals surface area contributed by atoms with Gasteiger partial charge in [0.2, 0.25) is 0 Å². The first kappa shape index (κ1) is 17.8. The second kappa shape index (κ2) is 6.83. The number of hydrogen-bond acceptors (Lipinski definition) is 4. The van der Waals surface area contributed by atoms with E-state index in [-0.39, 0.29) is 12.5 Å². The van der Waals surface area contributed by atoms with E-state index in [4.69, 9.17) is 16.1 Å². The van der Waals surface area contributed by atoms with Gasteiger partial charge in [0, 0.05) is 5.56 Å². The van der Waals surface area contributed by atoms with Crippen LogP contribution in [0.15, 0.2) is 53.1 Å². The summed E-state index contributed by atoms with van der Waals surface area (Å²) in [6.07, 6.45) is 1.37. The molecule has 5 nitrogen and oxygen atoms in total. The molecule has 0 spiro atoms. The molecule has 1 atom stereocenters. The molecule has 2 N–H and O–H groups in total. The van der Waals surface area contributed by atoms with Gasteiger partial charge in [-0.25, -0.2) is 0 Å². The van der Waals surface area contributed by atoms with Gasteiger partial charge in [0.15, 0.2) is 0 Å². The number of aryl methyl sites for hydroxylation is 2. The summed E-state index contributed by atoms with van der Waals surface area (Å²) in [5.41, 5.74) is 2.28. The van der Waals surface area contributed by atoms with Gasteiger partial charge in [-0.1, -0.05) is 59.2 Å². The molecule has 0 aliphatic heterocycles. The SMILES string of the molecule is Cc1onc(-c2ccccc2Cl)c1C(=O)NCC1(O)CCc2ccccc21. The first-order valence-corrected chi connectivity index (χ1v) is 9.17. The number of halogens is 1. The Labute approximate surface area is 162 Å². The van der Waals surface area contributed by atoms with Crippen LogP contribution in [0.5, 0.6) is 0 Å². The molecule has 1 unspecified atom stereocenters. The van der Waals surface area contributed by atoms with Gasteiger partial charge in [0.1, 0.15) is 22.6 Å². The fourth-order valence-corrected chi connectivity index (χ4v) is 3.87. The Morgan fingerprint density at radius 2 is 2.00 bits per heavy atom. The predicted octanol–water partition coefficient (Wildman–Crippen LogP) is 3.87. The van der Waals surface area contributed by atoms with Crippen molar-refractivity contribution in [2.45, 2.75) is 25.4 Å². The maximum atomic E-state index is 12.9. The topological polar surface area (TPSA) is 75.4 Å². The van der Waals surface area contributed by atoms with Crippen molar-refractivity contribution in [2.75, 3.05) is 6.54 Å². The summed E-state index contributed by atoms with van der Waals surface area (Å²) in [5.74, 6) is 0.0581. The molecular weight excluding hydrogens is 364 g/mol. The highest BCUT2D eigenvalue weighted by molar-refractivity contribution is 6.33. The Morgan fingerprint density at radius 1 is 1.26 bits per heavy atom. The fourth-order valence-electron chi connectivity index (χ4n) is 3.64. The van der Waals surface area contributed by atoms with E-state index in [9.17, 15) is 9.90 Å². The van der Waals surface area contributed by atoms with Crippen molar-refractivity contribution >= 4 is 17.5 Å². The number of rotatable bonds is 4. The lowest BCUT2D eigenvalue weighted by molar-refractivity contribution is 0.0369. The summed E-state index contributed by atoms with van der Waals surface area (Å²) in [4.78, 5) is 12.9. The number of nitrogens with one attached hydrogen (secondary N) is 1. The molecule has 0 saturated carbocycles. The van der Waals surface area contributed by atoms with E-state index in [1.807, 2.05) is 36.4 Å². The van der Waals surface area contributed by atoms with Crippen molar-refractivity contribution in [2.24, 2.45) is 0 Å². The number of benzene rings is 2. The molecule has 1 heterocycles. The van der Waals surface area contributed by atoms with Crippen LogP contribution in [0.3, 0.4) is 0 Å². The lowest BCUT2D eigenvalue weighted by Crippen LogP contribution is -2.39. The lowest BCUT2D eigenvalue weighted by atomic mass is 9.95. The first-order valence-electron chi connectivity index (χ1n) is 8.80. The van der Waals surface area contributed by atoms with Gasteiger partial charge in [-0.2, -0.15) is 0 Å². The van der Waals surface area contributed by atoms with Crippen LogP contribution in [0.2, 0.25) is 5.02 Å². The van der Waals surface area contributed by atoms with Crippen molar-refractivity contribution < 1.29 is 14.4 Å². The van der Waals surface area contributed by atoms with Crippen LogP contribution in [-0.2, 0) is 12.0 Å². The van der Waals surface area contributed by atoms with Gasteiger partial charge >= 0.3 is 0 Å². The number of hydrogen-bond donors (Lipinski definition) is 2. The van der Waals surface area contributed by atoms with Gasteiger partial charge < -0.3 is 14.9 Å². The second-order valence-electron chi connectivity index (χ2n) is 6.81. The molecule has 2 aromatic carbocycles. The van der Waals surface area contributed by atoms with Gasteiger partial charge in [0.25, 0.3) is 5.91 Å². The standard InChI is InChI=1S/C21H19ClN2O3/c1-13-18(19(24-27-13)15-7-3-5-9-17(15)22)20(25)23-12-21(26)11-10-14-6-2-4-8-16(14)21/h2-9,26H,10-12H2,1H3,(H,23,25). The molecule has 0 saturated heterocycles. The average Bonchev–Trinajstić information content (AvgIpc) is 3.22. The summed E-state index contributed by atoms with van der Waals surface area (Å²) in [6, 6.07) is 14.9. The number of nitrogens with zero attached hydrogens (tertiary/aromatic N) is 1. The third-order valence-corrected chi connectivity index (χ3v) is 5.42. The number of amides is 1. The maximum Gasteiger partial charge on any atom is 0.257 e. The van der Waals surface area contributed by atoms with Crippen LogP contribution in [0, 0.1) is 6.92 Å². The van der Waals surface area contributed by atoms with Crippen LogP contribution < -0.4 is 5.32 Å². The molecule has 27 heavy (non-hydrogen) atoms. The summed E-state index contributed by atoms with van der Waals surface area (Å²) in [5, 5.41) is 18.4. The number of carbonyl (C=O) groups is 1. The van der Waals surface area contributed by atoms with E-state index < -0.39 is 5.60 Å². The number of aromatic nitrogens is 1. The largest absolute Gasteiger partial charge is 0.383 e. The molecule has 1 aromatic heterocycles. The zero-order chi connectivity index (χ0) is 19.0. The molecule has 1 amide bonds. The Morgan fingerprint density at radius 3 is 2.81 bits per heavy atom. The number of carbonyl (C=O) groups excluding carboxylic acids is 1. The summed E-state index contributed by atoms with van der Waals surface area (Å²) >= 11 is 6.25. The number of fused-ring (bicyclic) bond motifs is 1. The molecule has 0 fully saturated rings. The van der Waals surface area contributed by atoms with Crippen LogP contribution in [0.25, 0.3) is 11.3 Å². The van der Waals surface area contributed by atoms with E-state index in [1.165, 1.54) is 0 Å². The van der Waals surface area contributed by atoms with Gasteiger partial charge in [0.05, 0.1) is 11.6 Å². The quantitative estimate of drug-likeness (QED) is 0.718. The monoisotopic (exact) mass is 382 g/mol. The molecule has 1 aliphatic rings. The highest BCUT2D eigenvalue weighted by atomic mass is 35.5. The second-order valence-corrected chi connectivity index (χ2v) is 7.22. The summed E-state index contributed by atoms with van der Waals surface area (Å²) < 4.78 is 5.25. The normalized spacial score (nSPS) is 18.3. The number of aliphatic hydroxyl groups is 1. The molecule has 0 bridgehead atoms. The Bertz CT molecular complexity index is 1010. The lowest BCUT2D eigenvalue weighted by Gasteiger charge is -2.24. The van der Waals surface area contributed by atoms with Gasteiger partial charge in [-0.05, 0) is 37.0 Å². The summed E-state index contributed by atoms with van der Waals surface area (Å²) in [7, 11) is 0. The zero-order valence-corrected chi connectivity index (χ0v) is 15.6. The smallest absolute Gasteiger partial charge is 0.257 e. The Kier molecular flexibility index (Phi) is 4.50. The van der Waals surface area contributed by atoms with Crippen molar-refractivity contribution in [3.05, 3.63) is 76.0 Å². The third-order valence-electron chi connectivity index (χ3n) is 5.09. The van der Waals surface area contributed by atoms with Gasteiger partial charge in [-0.15, -0.1) is 0 Å². The third kappa shape index (κ3) is 3.13. The highest BCUT2D eigenvalue weighted by Crippen LogP contribution is 2.36. The zero-order valence-electron chi connectivity index (χ0n) is 14.8. The first-order chi connectivity index (χ1) is 13.0. The molecule has 0 radical (unpaired) electrons. The van der Waals surface area contributed by atoms with E-state index in [0.29, 0.717) is 34.0 Å². The minimum Gasteiger partial charge on any atom is -0.383 e. The molecular formula is C21H19ClN2O3. The van der Waals surface area contributed by atoms with E-state index in [0.717, 1.165) is 17.5 Å². The van der Waals surface area contributed by atoms with Gasteiger partial charge in [-0.3, -0.25) is 4.79 Å². The maximum absolute atomic E-state index is 12.9. The fraction of sp³-hybridized carbons (Fsp3) is 0.238. The minimum absolute atomic E-state index is 0.120.